The van der Waals surface area contributed by atoms with Crippen LogP contribution >= 0.6 is 0 Å². The molecule has 0 spiro atoms. The highest BCUT2D eigenvalue weighted by Crippen LogP contribution is 2.43. The monoisotopic (exact) mass is 546 g/mol. The maximum Gasteiger partial charge on any atom is 0.123 e. The Labute approximate surface area is 239 Å². The van der Waals surface area contributed by atoms with Gasteiger partial charge in [-0.25, -0.2) is 0 Å². The molecule has 0 aliphatic heterocycles. The predicted octanol–water partition coefficient (Wildman–Crippen LogP) is 7.82. The Kier molecular flexibility index (Phi) is 4.70. The fraction of sp³-hybridized carbons (Fsp3) is 0.118. The molecule has 0 saturated carbocycles. The molecule has 0 saturated heterocycles. The van der Waals surface area contributed by atoms with Gasteiger partial charge in [0.05, 0.1) is 5.52 Å². The first-order valence-electron chi connectivity index (χ1n) is 14.4. The summed E-state index contributed by atoms with van der Waals surface area (Å²) < 4.78 is 4.73. The van der Waals surface area contributed by atoms with Gasteiger partial charge in [-0.3, -0.25) is 5.10 Å². The molecule has 8 heteroatoms. The number of nitrogens with one attached hydrogen (secondary N) is 2. The van der Waals surface area contributed by atoms with Crippen LogP contribution < -0.4 is 0 Å². The summed E-state index contributed by atoms with van der Waals surface area (Å²) in [7, 11) is 0. The van der Waals surface area contributed by atoms with Crippen molar-refractivity contribution in [2.45, 2.75) is 26.9 Å². The number of aromatic amines is 2. The second kappa shape index (κ2) is 8.50. The van der Waals surface area contributed by atoms with E-state index in [0.29, 0.717) is 0 Å². The van der Waals surface area contributed by atoms with E-state index < -0.39 is 0 Å². The van der Waals surface area contributed by atoms with Gasteiger partial charge >= 0.3 is 0 Å². The molecule has 0 aliphatic carbocycles. The third kappa shape index (κ3) is 2.95. The van der Waals surface area contributed by atoms with Gasteiger partial charge in [0.1, 0.15) is 16.6 Å². The van der Waals surface area contributed by atoms with Crippen LogP contribution in [0.4, 0.5) is 0 Å². The van der Waals surface area contributed by atoms with Gasteiger partial charge in [0, 0.05) is 67.8 Å². The van der Waals surface area contributed by atoms with Crippen molar-refractivity contribution in [1.29, 1.82) is 0 Å². The van der Waals surface area contributed by atoms with Crippen molar-refractivity contribution in [1.82, 2.24) is 40.0 Å². The second-order valence-corrected chi connectivity index (χ2v) is 10.8. The average molecular weight is 547 g/mol. The average Bonchev–Trinajstić information content (AvgIpc) is 3.82. The Hall–Kier alpha value is -5.50. The number of fused-ring (bicyclic) bond motifs is 8. The Morgan fingerprint density at radius 3 is 1.69 bits per heavy atom. The number of nitrogens with zero attached hydrogens (tertiary/aromatic N) is 6. The van der Waals surface area contributed by atoms with E-state index in [2.05, 4.69) is 139 Å². The van der Waals surface area contributed by atoms with Gasteiger partial charge in [0.15, 0.2) is 0 Å². The molecular formula is C34H26N8. The van der Waals surface area contributed by atoms with Gasteiger partial charge in [-0.1, -0.05) is 53.7 Å². The first-order chi connectivity index (χ1) is 20.8. The van der Waals surface area contributed by atoms with E-state index in [1.807, 2.05) is 0 Å². The minimum Gasteiger partial charge on any atom is -0.341 e. The van der Waals surface area contributed by atoms with E-state index in [1.54, 1.807) is 0 Å². The second-order valence-electron chi connectivity index (χ2n) is 10.8. The number of aryl methyl sites for hydroxylation is 2. The number of rotatable bonds is 4. The van der Waals surface area contributed by atoms with Crippen LogP contribution in [0.5, 0.6) is 0 Å². The van der Waals surface area contributed by atoms with E-state index in [4.69, 9.17) is 0 Å². The Morgan fingerprint density at radius 1 is 0.571 bits per heavy atom. The molecule has 0 aliphatic rings. The molecule has 0 unspecified atom stereocenters. The summed E-state index contributed by atoms with van der Waals surface area (Å²) in [6.45, 7) is 6.18. The van der Waals surface area contributed by atoms with Crippen LogP contribution in [-0.2, 0) is 13.1 Å². The summed E-state index contributed by atoms with van der Waals surface area (Å²) >= 11 is 0. The third-order valence-electron chi connectivity index (χ3n) is 8.81. The van der Waals surface area contributed by atoms with Crippen molar-refractivity contribution in [2.75, 3.05) is 0 Å². The summed E-state index contributed by atoms with van der Waals surface area (Å²) in [5.74, 6) is 0. The highest BCUT2D eigenvalue weighted by molar-refractivity contribution is 6.19. The van der Waals surface area contributed by atoms with Crippen LogP contribution in [0.15, 0.2) is 84.9 Å². The molecule has 8 nitrogen and oxygen atoms in total. The topological polar surface area (TPSA) is 93.0 Å². The normalized spacial score (nSPS) is 12.2. The van der Waals surface area contributed by atoms with Crippen LogP contribution in [0.25, 0.3) is 87.9 Å². The zero-order valence-corrected chi connectivity index (χ0v) is 23.2. The van der Waals surface area contributed by atoms with Crippen molar-refractivity contribution in [2.24, 2.45) is 0 Å². The molecule has 0 amide bonds. The number of benzene rings is 5. The number of hydrogen-bond donors (Lipinski definition) is 2. The summed E-state index contributed by atoms with van der Waals surface area (Å²) in [6, 6.07) is 30.4. The Morgan fingerprint density at radius 2 is 1.10 bits per heavy atom. The molecule has 4 heterocycles. The lowest BCUT2D eigenvalue weighted by molar-refractivity contribution is 0.827. The van der Waals surface area contributed by atoms with Gasteiger partial charge < -0.3 is 9.13 Å². The Balaban J connectivity index is 1.33. The fourth-order valence-corrected chi connectivity index (χ4v) is 7.04. The standard InChI is InChI=1S/C34H26N8/c1-3-41-25-11-7-5-9-21(25)23-17-19(13-15-27(23)41)29-31-33(37-39-35-31)30(34-32(29)36-40-38-34)20-14-16-28-24(18-20)22-10-6-8-12-26(22)42(28)4-2/h5-18H,3-4H2,1-2H3,(H,35,37,39)(H,36,38,40). The smallest absolute Gasteiger partial charge is 0.123 e. The van der Waals surface area contributed by atoms with Crippen molar-refractivity contribution >= 4 is 65.7 Å². The molecule has 5 aromatic carbocycles. The molecule has 0 radical (unpaired) electrons. The van der Waals surface area contributed by atoms with Crippen LogP contribution in [0.3, 0.4) is 0 Å². The van der Waals surface area contributed by atoms with Crippen molar-refractivity contribution in [3.05, 3.63) is 84.9 Å². The zero-order chi connectivity index (χ0) is 27.9. The van der Waals surface area contributed by atoms with Crippen molar-refractivity contribution in [3.63, 3.8) is 0 Å². The van der Waals surface area contributed by atoms with Gasteiger partial charge in [-0.2, -0.15) is 15.4 Å². The van der Waals surface area contributed by atoms with E-state index >= 15 is 0 Å². The van der Waals surface area contributed by atoms with E-state index in [9.17, 15) is 0 Å². The molecule has 0 fully saturated rings. The lowest BCUT2D eigenvalue weighted by Gasteiger charge is -2.10. The lowest BCUT2D eigenvalue weighted by atomic mass is 9.94. The zero-order valence-electron chi connectivity index (χ0n) is 23.2. The molecular weight excluding hydrogens is 520 g/mol. The minimum atomic E-state index is 0.779. The minimum absolute atomic E-state index is 0.779. The maximum absolute atomic E-state index is 4.68. The van der Waals surface area contributed by atoms with E-state index in [1.165, 1.54) is 43.6 Å². The van der Waals surface area contributed by atoms with Crippen LogP contribution in [0.1, 0.15) is 13.8 Å². The lowest BCUT2D eigenvalue weighted by Crippen LogP contribution is -1.93. The summed E-state index contributed by atoms with van der Waals surface area (Å²) in [6.07, 6.45) is 0. The Bertz CT molecular complexity index is 2280. The largest absolute Gasteiger partial charge is 0.341 e. The molecule has 0 atom stereocenters. The predicted molar refractivity (Wildman–Crippen MR) is 170 cm³/mol. The van der Waals surface area contributed by atoms with Crippen molar-refractivity contribution < 1.29 is 0 Å². The molecule has 4 aromatic heterocycles. The van der Waals surface area contributed by atoms with Gasteiger partial charge in [0.2, 0.25) is 0 Å². The first kappa shape index (κ1) is 23.2. The third-order valence-corrected chi connectivity index (χ3v) is 8.81. The molecule has 0 bridgehead atoms. The van der Waals surface area contributed by atoms with Gasteiger partial charge in [-0.05, 0) is 61.4 Å². The van der Waals surface area contributed by atoms with E-state index in [0.717, 1.165) is 57.4 Å². The van der Waals surface area contributed by atoms with Gasteiger partial charge in [-0.15, -0.1) is 5.10 Å². The van der Waals surface area contributed by atoms with Gasteiger partial charge in [0.25, 0.3) is 0 Å². The molecule has 9 rings (SSSR count). The van der Waals surface area contributed by atoms with Crippen molar-refractivity contribution in [3.8, 4) is 22.3 Å². The maximum atomic E-state index is 4.68. The molecule has 42 heavy (non-hydrogen) atoms. The van der Waals surface area contributed by atoms with Crippen LogP contribution in [0.2, 0.25) is 0 Å². The quantitative estimate of drug-likeness (QED) is 0.235. The summed E-state index contributed by atoms with van der Waals surface area (Å²) in [4.78, 5) is 0. The first-order valence-corrected chi connectivity index (χ1v) is 14.4. The van der Waals surface area contributed by atoms with E-state index in [-0.39, 0.29) is 0 Å². The highest BCUT2D eigenvalue weighted by Gasteiger charge is 2.24. The number of aromatic nitrogens is 8. The number of para-hydroxylation sites is 2. The highest BCUT2D eigenvalue weighted by atomic mass is 15.3. The van der Waals surface area contributed by atoms with Crippen LogP contribution in [0, 0.1) is 0 Å². The molecule has 2 N–H and O–H groups in total. The summed E-state index contributed by atoms with van der Waals surface area (Å²) in [5.41, 5.74) is 12.0. The summed E-state index contributed by atoms with van der Waals surface area (Å²) in [5, 5.41) is 29.3. The fourth-order valence-electron chi connectivity index (χ4n) is 7.04. The number of H-pyrrole nitrogens is 2. The van der Waals surface area contributed by atoms with Crippen LogP contribution in [-0.4, -0.2) is 40.0 Å². The molecule has 202 valence electrons. The molecule has 9 aromatic rings. The SMILES string of the molecule is CCn1c2ccccc2c2cc(-c3c4n[nH]nc4c(-c4ccc5c(c4)c4ccccc4n5CC)c4[nH]nnc34)ccc21. The number of hydrogen-bond acceptors (Lipinski definition) is 4.